The maximum absolute atomic E-state index is 13.2. The van der Waals surface area contributed by atoms with Gasteiger partial charge in [-0.15, -0.1) is 5.10 Å². The molecule has 1 aromatic carbocycles. The zero-order chi connectivity index (χ0) is 13.8. The summed E-state index contributed by atoms with van der Waals surface area (Å²) in [4.78, 5) is 0. The minimum atomic E-state index is -0.311. The van der Waals surface area contributed by atoms with Crippen molar-refractivity contribution in [3.8, 4) is 0 Å². The molecule has 1 unspecified atom stereocenters. The summed E-state index contributed by atoms with van der Waals surface area (Å²) in [6.07, 6.45) is 0. The fourth-order valence-electron chi connectivity index (χ4n) is 1.70. The number of halogens is 1. The van der Waals surface area contributed by atoms with Gasteiger partial charge in [-0.1, -0.05) is 18.1 Å². The number of rotatable bonds is 5. The zero-order valence-corrected chi connectivity index (χ0v) is 11.2. The van der Waals surface area contributed by atoms with Crippen LogP contribution in [0.5, 0.6) is 0 Å². The van der Waals surface area contributed by atoms with Crippen LogP contribution in [0.15, 0.2) is 22.6 Å². The van der Waals surface area contributed by atoms with Crippen molar-refractivity contribution in [2.75, 3.05) is 11.9 Å². The predicted molar refractivity (Wildman–Crippen MR) is 70.8 cm³/mol. The average molecular weight is 264 g/mol. The lowest BCUT2D eigenvalue weighted by atomic mass is 10.2. The van der Waals surface area contributed by atoms with Gasteiger partial charge in [0.1, 0.15) is 5.82 Å². The molecule has 0 radical (unpaired) electrons. The van der Waals surface area contributed by atoms with Gasteiger partial charge in [0, 0.05) is 5.69 Å². The highest BCUT2D eigenvalue weighted by atomic mass is 19.1. The maximum atomic E-state index is 13.2. The number of aromatic nitrogens is 2. The molecule has 2 aromatic rings. The van der Waals surface area contributed by atoms with E-state index in [1.165, 1.54) is 12.1 Å². The van der Waals surface area contributed by atoms with E-state index in [1.807, 2.05) is 20.8 Å². The Hall–Kier alpha value is -1.95. The van der Waals surface area contributed by atoms with Gasteiger partial charge < -0.3 is 15.1 Å². The summed E-state index contributed by atoms with van der Waals surface area (Å²) in [5, 5.41) is 13.9. The van der Waals surface area contributed by atoms with E-state index in [9.17, 15) is 4.39 Å². The third kappa shape index (κ3) is 3.29. The van der Waals surface area contributed by atoms with E-state index >= 15 is 0 Å². The number of hydrogen-bond acceptors (Lipinski definition) is 5. The highest BCUT2D eigenvalue weighted by Crippen LogP contribution is 2.22. The van der Waals surface area contributed by atoms with E-state index in [1.54, 1.807) is 6.07 Å². The standard InChI is InChI=1S/C13H17FN4O/c1-4-15-9(3)12-17-18-13(19-12)16-11-7-10(14)6-5-8(11)2/h5-7,9,15H,4H2,1-3H3,(H,16,18). The molecule has 2 N–H and O–H groups in total. The Morgan fingerprint density at radius 3 is 2.89 bits per heavy atom. The SMILES string of the molecule is CCNC(C)c1nnc(Nc2cc(F)ccc2C)o1. The fraction of sp³-hybridized carbons (Fsp3) is 0.385. The van der Waals surface area contributed by atoms with Gasteiger partial charge in [-0.2, -0.15) is 0 Å². The van der Waals surface area contributed by atoms with Crippen LogP contribution >= 0.6 is 0 Å². The number of aryl methyl sites for hydroxylation is 1. The molecule has 0 fully saturated rings. The molecule has 0 aliphatic rings. The summed E-state index contributed by atoms with van der Waals surface area (Å²) >= 11 is 0. The van der Waals surface area contributed by atoms with Crippen LogP contribution in [0, 0.1) is 12.7 Å². The van der Waals surface area contributed by atoms with Crippen LogP contribution in [-0.2, 0) is 0 Å². The summed E-state index contributed by atoms with van der Waals surface area (Å²) in [5.74, 6) is 0.187. The fourth-order valence-corrected chi connectivity index (χ4v) is 1.70. The van der Waals surface area contributed by atoms with Crippen LogP contribution < -0.4 is 10.6 Å². The molecule has 0 saturated carbocycles. The Balaban J connectivity index is 2.13. The highest BCUT2D eigenvalue weighted by molar-refractivity contribution is 5.57. The Labute approximate surface area is 111 Å². The normalized spacial score (nSPS) is 12.4. The first kappa shape index (κ1) is 13.5. The highest BCUT2D eigenvalue weighted by Gasteiger charge is 2.13. The van der Waals surface area contributed by atoms with Gasteiger partial charge in [-0.05, 0) is 38.1 Å². The maximum Gasteiger partial charge on any atom is 0.320 e. The summed E-state index contributed by atoms with van der Waals surface area (Å²) < 4.78 is 18.6. The van der Waals surface area contributed by atoms with Crippen molar-refractivity contribution in [1.82, 2.24) is 15.5 Å². The molecule has 6 heteroatoms. The van der Waals surface area contributed by atoms with E-state index in [2.05, 4.69) is 20.8 Å². The second-order valence-corrected chi connectivity index (χ2v) is 4.31. The Morgan fingerprint density at radius 1 is 1.37 bits per heavy atom. The largest absolute Gasteiger partial charge is 0.406 e. The number of nitrogens with zero attached hydrogens (tertiary/aromatic N) is 2. The molecule has 102 valence electrons. The third-order valence-electron chi connectivity index (χ3n) is 2.76. The van der Waals surface area contributed by atoms with Crippen LogP contribution in [0.3, 0.4) is 0 Å². The van der Waals surface area contributed by atoms with Crippen LogP contribution in [0.25, 0.3) is 0 Å². The third-order valence-corrected chi connectivity index (χ3v) is 2.76. The van der Waals surface area contributed by atoms with E-state index < -0.39 is 0 Å². The van der Waals surface area contributed by atoms with Crippen molar-refractivity contribution < 1.29 is 8.81 Å². The molecule has 2 rings (SSSR count). The monoisotopic (exact) mass is 264 g/mol. The summed E-state index contributed by atoms with van der Waals surface area (Å²) in [5.41, 5.74) is 1.52. The van der Waals surface area contributed by atoms with Gasteiger partial charge >= 0.3 is 6.01 Å². The quantitative estimate of drug-likeness (QED) is 0.869. The van der Waals surface area contributed by atoms with Gasteiger partial charge in [-0.3, -0.25) is 0 Å². The molecule has 1 aromatic heterocycles. The molecular formula is C13H17FN4O. The van der Waals surface area contributed by atoms with Crippen molar-refractivity contribution in [1.29, 1.82) is 0 Å². The second-order valence-electron chi connectivity index (χ2n) is 4.31. The zero-order valence-electron chi connectivity index (χ0n) is 11.2. The first-order chi connectivity index (χ1) is 9.10. The minimum Gasteiger partial charge on any atom is -0.406 e. The van der Waals surface area contributed by atoms with Crippen LogP contribution in [-0.4, -0.2) is 16.7 Å². The van der Waals surface area contributed by atoms with Crippen molar-refractivity contribution in [2.24, 2.45) is 0 Å². The summed E-state index contributed by atoms with van der Waals surface area (Å²) in [7, 11) is 0. The van der Waals surface area contributed by atoms with Gasteiger partial charge in [0.25, 0.3) is 0 Å². The first-order valence-corrected chi connectivity index (χ1v) is 6.20. The molecule has 0 saturated heterocycles. The molecule has 0 aliphatic carbocycles. The molecule has 0 spiro atoms. The van der Waals surface area contributed by atoms with Crippen LogP contribution in [0.1, 0.15) is 31.3 Å². The average Bonchev–Trinajstić information content (AvgIpc) is 2.83. The smallest absolute Gasteiger partial charge is 0.320 e. The lowest BCUT2D eigenvalue weighted by molar-refractivity contribution is 0.430. The molecule has 0 amide bonds. The Bertz CT molecular complexity index is 555. The van der Waals surface area contributed by atoms with Crippen molar-refractivity contribution in [3.63, 3.8) is 0 Å². The van der Waals surface area contributed by atoms with Gasteiger partial charge in [0.15, 0.2) is 0 Å². The molecule has 5 nitrogen and oxygen atoms in total. The van der Waals surface area contributed by atoms with Crippen molar-refractivity contribution in [3.05, 3.63) is 35.5 Å². The molecule has 1 heterocycles. The lowest BCUT2D eigenvalue weighted by Gasteiger charge is -2.07. The second kappa shape index (κ2) is 5.79. The Morgan fingerprint density at radius 2 is 2.16 bits per heavy atom. The van der Waals surface area contributed by atoms with Gasteiger partial charge in [-0.25, -0.2) is 4.39 Å². The van der Waals surface area contributed by atoms with Crippen LogP contribution in [0.2, 0.25) is 0 Å². The van der Waals surface area contributed by atoms with Crippen LogP contribution in [0.4, 0.5) is 16.1 Å². The van der Waals surface area contributed by atoms with E-state index in [0.717, 1.165) is 12.1 Å². The predicted octanol–water partition coefficient (Wildman–Crippen LogP) is 2.93. The van der Waals surface area contributed by atoms with E-state index in [0.29, 0.717) is 11.6 Å². The summed E-state index contributed by atoms with van der Waals surface area (Å²) in [6.45, 7) is 6.63. The van der Waals surface area contributed by atoms with Gasteiger partial charge in [0.2, 0.25) is 5.89 Å². The molecule has 0 bridgehead atoms. The first-order valence-electron chi connectivity index (χ1n) is 6.20. The number of benzene rings is 1. The number of hydrogen-bond donors (Lipinski definition) is 2. The van der Waals surface area contributed by atoms with Crippen molar-refractivity contribution in [2.45, 2.75) is 26.8 Å². The molecule has 19 heavy (non-hydrogen) atoms. The lowest BCUT2D eigenvalue weighted by Crippen LogP contribution is -2.17. The summed E-state index contributed by atoms with van der Waals surface area (Å²) in [6, 6.07) is 4.74. The van der Waals surface area contributed by atoms with Crippen molar-refractivity contribution >= 4 is 11.7 Å². The van der Waals surface area contributed by atoms with E-state index in [-0.39, 0.29) is 17.9 Å². The molecule has 1 atom stereocenters. The Kier molecular flexibility index (Phi) is 4.11. The number of anilines is 2. The molecular weight excluding hydrogens is 247 g/mol. The topological polar surface area (TPSA) is 63.0 Å². The van der Waals surface area contributed by atoms with Gasteiger partial charge in [0.05, 0.1) is 6.04 Å². The molecule has 0 aliphatic heterocycles. The number of nitrogens with one attached hydrogen (secondary N) is 2. The minimum absolute atomic E-state index is 0.0124. The van der Waals surface area contributed by atoms with E-state index in [4.69, 9.17) is 4.42 Å².